The van der Waals surface area contributed by atoms with Crippen molar-refractivity contribution < 1.29 is 0 Å². The van der Waals surface area contributed by atoms with Crippen molar-refractivity contribution in [3.63, 3.8) is 0 Å². The lowest BCUT2D eigenvalue weighted by Crippen LogP contribution is -2.16. The Balaban J connectivity index is 0.000000448. The zero-order chi connectivity index (χ0) is 22.8. The van der Waals surface area contributed by atoms with Gasteiger partial charge in [0.05, 0.1) is 0 Å². The Morgan fingerprint density at radius 1 is 0.655 bits per heavy atom. The highest BCUT2D eigenvalue weighted by atomic mass is 79.9. The molecule has 29 heavy (non-hydrogen) atoms. The summed E-state index contributed by atoms with van der Waals surface area (Å²) >= 11 is 3.41. The van der Waals surface area contributed by atoms with Gasteiger partial charge >= 0.3 is 0 Å². The summed E-state index contributed by atoms with van der Waals surface area (Å²) in [5.41, 5.74) is 12.5. The normalized spacial score (nSPS) is 10.3. The zero-order valence-corrected chi connectivity index (χ0v) is 23.5. The van der Waals surface area contributed by atoms with E-state index in [9.17, 15) is 0 Å². The molecule has 0 saturated carbocycles. The van der Waals surface area contributed by atoms with E-state index in [2.05, 4.69) is 136 Å². The lowest BCUT2D eigenvalue weighted by molar-refractivity contribution is 1.37. The van der Waals surface area contributed by atoms with Crippen LogP contribution in [0, 0.1) is 51.1 Å². The van der Waals surface area contributed by atoms with Gasteiger partial charge in [-0.05, 0) is 74.2 Å². The zero-order valence-electron chi connectivity index (χ0n) is 19.9. The molecule has 0 aliphatic rings. The van der Waals surface area contributed by atoms with Gasteiger partial charge in [0.25, 0.3) is 0 Å². The number of hydrogen-bond acceptors (Lipinski definition) is 0. The first kappa shape index (κ1) is 27.5. The molecule has 0 nitrogen and oxygen atoms in total. The average molecular weight is 486 g/mol. The fraction of sp³-hybridized carbons (Fsp3) is 0.385. The van der Waals surface area contributed by atoms with Crippen LogP contribution in [0.15, 0.2) is 40.9 Å². The van der Waals surface area contributed by atoms with Gasteiger partial charge in [-0.15, -0.1) is 17.5 Å². The quantitative estimate of drug-likeness (QED) is 0.261. The molecule has 0 bridgehead atoms. The topological polar surface area (TPSA) is 0 Å². The van der Waals surface area contributed by atoms with Gasteiger partial charge < -0.3 is 0 Å². The van der Waals surface area contributed by atoms with Crippen molar-refractivity contribution in [3.8, 4) is 23.4 Å². The highest BCUT2D eigenvalue weighted by Gasteiger charge is 2.07. The molecule has 0 aliphatic heterocycles. The Morgan fingerprint density at radius 2 is 1.00 bits per heavy atom. The SMILES string of the molecule is C#C[Si](C)(C)C.Cc1cc(C)cc(Br)c1.Cc1cc(C)cc(C#C[Si](C)(C)C)c1. The van der Waals surface area contributed by atoms with Crippen LogP contribution in [0.25, 0.3) is 0 Å². The molecular formula is C26H37BrSi2. The molecule has 0 N–H and O–H groups in total. The Kier molecular flexibility index (Phi) is 11.6. The molecule has 0 saturated heterocycles. The summed E-state index contributed by atoms with van der Waals surface area (Å²) in [5.74, 6) is 3.28. The van der Waals surface area contributed by atoms with Gasteiger partial charge in [0.2, 0.25) is 0 Å². The van der Waals surface area contributed by atoms with Crippen LogP contribution in [0.1, 0.15) is 27.8 Å². The Hall–Kier alpha value is -1.53. The van der Waals surface area contributed by atoms with E-state index in [4.69, 9.17) is 6.42 Å². The second kappa shape index (κ2) is 12.2. The lowest BCUT2D eigenvalue weighted by atomic mass is 10.1. The molecule has 0 radical (unpaired) electrons. The van der Waals surface area contributed by atoms with E-state index in [0.717, 1.165) is 5.56 Å². The molecule has 0 heterocycles. The second-order valence-corrected chi connectivity index (χ2v) is 20.0. The van der Waals surface area contributed by atoms with Crippen LogP contribution < -0.4 is 0 Å². The van der Waals surface area contributed by atoms with Gasteiger partial charge in [-0.1, -0.05) is 73.3 Å². The maximum Gasteiger partial charge on any atom is 0.129 e. The van der Waals surface area contributed by atoms with Gasteiger partial charge in [0.15, 0.2) is 0 Å². The number of hydrogen-bond donors (Lipinski definition) is 0. The number of halogens is 1. The molecular weight excluding hydrogens is 448 g/mol. The predicted molar refractivity (Wildman–Crippen MR) is 142 cm³/mol. The van der Waals surface area contributed by atoms with Crippen molar-refractivity contribution in [2.24, 2.45) is 0 Å². The minimum absolute atomic E-state index is 1.10. The van der Waals surface area contributed by atoms with Gasteiger partial charge in [-0.3, -0.25) is 0 Å². The third kappa shape index (κ3) is 16.0. The van der Waals surface area contributed by atoms with Gasteiger partial charge in [0, 0.05) is 10.0 Å². The summed E-state index contributed by atoms with van der Waals surface area (Å²) in [6, 6.07) is 12.9. The first-order chi connectivity index (χ1) is 13.1. The van der Waals surface area contributed by atoms with E-state index >= 15 is 0 Å². The van der Waals surface area contributed by atoms with Crippen molar-refractivity contribution in [2.75, 3.05) is 0 Å². The second-order valence-electron chi connectivity index (χ2n) is 9.58. The monoisotopic (exact) mass is 484 g/mol. The lowest BCUT2D eigenvalue weighted by Gasteiger charge is -2.04. The molecule has 0 amide bonds. The summed E-state index contributed by atoms with van der Waals surface area (Å²) < 4.78 is 1.17. The summed E-state index contributed by atoms with van der Waals surface area (Å²) in [5, 5.41) is 0. The van der Waals surface area contributed by atoms with Crippen molar-refractivity contribution >= 4 is 32.1 Å². The molecule has 0 spiro atoms. The van der Waals surface area contributed by atoms with E-state index in [1.54, 1.807) is 0 Å². The number of aryl methyl sites for hydroxylation is 4. The molecule has 0 aliphatic carbocycles. The number of terminal acetylenes is 1. The van der Waals surface area contributed by atoms with Crippen LogP contribution in [-0.2, 0) is 0 Å². The summed E-state index contributed by atoms with van der Waals surface area (Å²) in [6.45, 7) is 21.7. The molecule has 0 aromatic heterocycles. The highest BCUT2D eigenvalue weighted by molar-refractivity contribution is 9.10. The third-order valence-corrected chi connectivity index (χ3v) is 5.62. The van der Waals surface area contributed by atoms with Crippen LogP contribution in [0.3, 0.4) is 0 Å². The third-order valence-electron chi connectivity index (χ3n) is 3.42. The van der Waals surface area contributed by atoms with E-state index in [1.807, 2.05) is 0 Å². The minimum atomic E-state index is -1.24. The molecule has 3 heteroatoms. The standard InChI is InChI=1S/C13H18Si.C8H9Br.C5H10Si/c1-11-8-12(2)10-13(9-11)6-7-14(3,4)5;1-6-3-7(2)5-8(9)4-6;1-5-6(2,3)4/h8-10H,1-5H3;3-5H,1-2H3;1H,2-4H3. The van der Waals surface area contributed by atoms with E-state index in [0.29, 0.717) is 0 Å². The summed E-state index contributed by atoms with van der Waals surface area (Å²) in [7, 11) is -2.34. The van der Waals surface area contributed by atoms with Crippen molar-refractivity contribution in [3.05, 3.63) is 68.7 Å². The van der Waals surface area contributed by atoms with Crippen LogP contribution in [0.5, 0.6) is 0 Å². The summed E-state index contributed by atoms with van der Waals surface area (Å²) in [6.07, 6.45) is 5.12. The van der Waals surface area contributed by atoms with Crippen LogP contribution in [-0.4, -0.2) is 16.1 Å². The van der Waals surface area contributed by atoms with Gasteiger partial charge in [0.1, 0.15) is 16.1 Å². The molecule has 2 rings (SSSR count). The Labute approximate surface area is 190 Å². The maximum atomic E-state index is 5.12. The Bertz CT molecular complexity index is 825. The van der Waals surface area contributed by atoms with Crippen LogP contribution in [0.4, 0.5) is 0 Å². The minimum Gasteiger partial charge on any atom is -0.135 e. The number of benzene rings is 2. The molecule has 0 unspecified atom stereocenters. The predicted octanol–water partition coefficient (Wildman–Crippen LogP) is 8.10. The largest absolute Gasteiger partial charge is 0.135 e. The van der Waals surface area contributed by atoms with E-state index in [1.165, 1.54) is 26.7 Å². The van der Waals surface area contributed by atoms with Gasteiger partial charge in [-0.2, -0.15) is 0 Å². The van der Waals surface area contributed by atoms with Crippen LogP contribution in [0.2, 0.25) is 39.3 Å². The molecule has 2 aromatic rings. The van der Waals surface area contributed by atoms with E-state index in [-0.39, 0.29) is 0 Å². The van der Waals surface area contributed by atoms with Crippen LogP contribution >= 0.6 is 15.9 Å². The van der Waals surface area contributed by atoms with Gasteiger partial charge in [-0.25, -0.2) is 0 Å². The highest BCUT2D eigenvalue weighted by Crippen LogP contribution is 2.13. The maximum absolute atomic E-state index is 5.12. The van der Waals surface area contributed by atoms with Crippen molar-refractivity contribution in [2.45, 2.75) is 67.0 Å². The summed E-state index contributed by atoms with van der Waals surface area (Å²) in [4.78, 5) is 0. The van der Waals surface area contributed by atoms with Crippen molar-refractivity contribution in [1.82, 2.24) is 0 Å². The molecule has 0 atom stereocenters. The fourth-order valence-corrected chi connectivity index (χ4v) is 3.47. The molecule has 0 fully saturated rings. The first-order valence-corrected chi connectivity index (χ1v) is 17.7. The molecule has 156 valence electrons. The van der Waals surface area contributed by atoms with E-state index < -0.39 is 16.1 Å². The number of rotatable bonds is 0. The molecule has 2 aromatic carbocycles. The fourth-order valence-electron chi connectivity index (χ4n) is 2.23. The first-order valence-electron chi connectivity index (χ1n) is 9.94. The average Bonchev–Trinajstić information content (AvgIpc) is 2.50. The Morgan fingerprint density at radius 3 is 1.28 bits per heavy atom. The smallest absolute Gasteiger partial charge is 0.129 e. The van der Waals surface area contributed by atoms with Crippen molar-refractivity contribution in [1.29, 1.82) is 0 Å².